The second-order valence-corrected chi connectivity index (χ2v) is 14.0. The van der Waals surface area contributed by atoms with Crippen molar-refractivity contribution in [1.29, 1.82) is 0 Å². The van der Waals surface area contributed by atoms with Crippen molar-refractivity contribution in [3.63, 3.8) is 0 Å². The second-order valence-electron chi connectivity index (χ2n) is 14.0. The van der Waals surface area contributed by atoms with E-state index in [2.05, 4.69) is 6.92 Å². The zero-order valence-corrected chi connectivity index (χ0v) is 23.7. The van der Waals surface area contributed by atoms with Gasteiger partial charge in [-0.25, -0.2) is 0 Å². The summed E-state index contributed by atoms with van der Waals surface area (Å²) in [6, 6.07) is 0. The molecule has 4 rings (SSSR count). The number of ether oxygens (including phenoxy) is 1. The lowest BCUT2D eigenvalue weighted by Gasteiger charge is -2.60. The number of aliphatic hydroxyl groups is 5. The Labute approximate surface area is 222 Å². The summed E-state index contributed by atoms with van der Waals surface area (Å²) in [5.74, 6) is -0.736. The molecule has 212 valence electrons. The van der Waals surface area contributed by atoms with E-state index >= 15 is 0 Å². The first-order valence-corrected chi connectivity index (χ1v) is 14.4. The van der Waals surface area contributed by atoms with Gasteiger partial charge in [-0.1, -0.05) is 20.8 Å². The third-order valence-corrected chi connectivity index (χ3v) is 11.0. The normalized spacial score (nSPS) is 44.4. The third-order valence-electron chi connectivity index (χ3n) is 11.0. The number of hydrogen-bond acceptors (Lipinski definition) is 7. The molecule has 0 bridgehead atoms. The maximum Gasteiger partial charge on any atom is 0.159 e. The van der Waals surface area contributed by atoms with Crippen LogP contribution in [0, 0.1) is 28.6 Å². The highest BCUT2D eigenvalue weighted by molar-refractivity contribution is 5.95. The molecule has 0 amide bonds. The van der Waals surface area contributed by atoms with Crippen molar-refractivity contribution in [2.75, 3.05) is 6.61 Å². The molecule has 5 N–H and O–H groups in total. The summed E-state index contributed by atoms with van der Waals surface area (Å²) in [7, 11) is 0. The molecule has 4 aliphatic carbocycles. The zero-order chi connectivity index (χ0) is 27.6. The topological polar surface area (TPSA) is 127 Å². The van der Waals surface area contributed by atoms with Crippen molar-refractivity contribution in [3.05, 3.63) is 11.6 Å². The summed E-state index contributed by atoms with van der Waals surface area (Å²) in [6.07, 6.45) is 4.29. The van der Waals surface area contributed by atoms with Crippen molar-refractivity contribution in [3.8, 4) is 0 Å². The molecule has 3 fully saturated rings. The first-order chi connectivity index (χ1) is 17.0. The maximum absolute atomic E-state index is 13.4. The Morgan fingerprint density at radius 3 is 2.38 bits per heavy atom. The van der Waals surface area contributed by atoms with Gasteiger partial charge in [-0.05, 0) is 107 Å². The predicted octanol–water partition coefficient (Wildman–Crippen LogP) is 3.29. The average Bonchev–Trinajstić information content (AvgIpc) is 3.07. The molecule has 0 saturated heterocycles. The highest BCUT2D eigenvalue weighted by atomic mass is 16.5. The predicted molar refractivity (Wildman–Crippen MR) is 141 cm³/mol. The fourth-order valence-electron chi connectivity index (χ4n) is 8.82. The van der Waals surface area contributed by atoms with Crippen molar-refractivity contribution in [2.45, 2.75) is 134 Å². The lowest BCUT2D eigenvalue weighted by atomic mass is 9.45. The molecule has 0 heterocycles. The summed E-state index contributed by atoms with van der Waals surface area (Å²) in [5, 5.41) is 55.7. The Hall–Kier alpha value is -0.830. The van der Waals surface area contributed by atoms with Gasteiger partial charge in [-0.2, -0.15) is 0 Å². The van der Waals surface area contributed by atoms with Gasteiger partial charge in [-0.3, -0.25) is 4.79 Å². The standard InChI is InChI=1S/C30H50O7/c1-7-14-37-25(10-11-26(2,3)34)29(6,35)24-9-13-30(36)19-15-21(31)20-16-22(32)23(33)17-27(20,4)18(19)8-12-28(24,30)5/h15,18,20,22-25,32-36H,7-14,16-17H2,1-6H3/t18?,20?,22?,23?,24?,25?,27?,28?,29-,30?/m1/s1. The van der Waals surface area contributed by atoms with Crippen LogP contribution in [0.4, 0.5) is 0 Å². The molecule has 4 aliphatic rings. The molecule has 0 aromatic heterocycles. The van der Waals surface area contributed by atoms with E-state index in [1.807, 2.05) is 20.8 Å². The van der Waals surface area contributed by atoms with Gasteiger partial charge in [0.05, 0.1) is 35.1 Å². The molecule has 7 heteroatoms. The number of carbonyl (C=O) groups is 1. The summed E-state index contributed by atoms with van der Waals surface area (Å²) >= 11 is 0. The first kappa shape index (κ1) is 29.2. The smallest absolute Gasteiger partial charge is 0.159 e. The molecule has 0 spiro atoms. The molecule has 0 aromatic carbocycles. The minimum Gasteiger partial charge on any atom is -0.390 e. The minimum absolute atomic E-state index is 0.0542. The second kappa shape index (κ2) is 9.67. The number of fused-ring (bicyclic) bond motifs is 5. The monoisotopic (exact) mass is 522 g/mol. The van der Waals surface area contributed by atoms with E-state index in [0.717, 1.165) is 18.4 Å². The number of carbonyl (C=O) groups excluding carboxylic acids is 1. The number of allylic oxidation sites excluding steroid dienone is 1. The summed E-state index contributed by atoms with van der Waals surface area (Å²) in [5.41, 5.74) is -3.76. The quantitative estimate of drug-likeness (QED) is 0.331. The lowest BCUT2D eigenvalue weighted by Crippen LogP contribution is -2.63. The van der Waals surface area contributed by atoms with Gasteiger partial charge in [0.2, 0.25) is 0 Å². The van der Waals surface area contributed by atoms with Crippen LogP contribution in [0.5, 0.6) is 0 Å². The van der Waals surface area contributed by atoms with E-state index in [-0.39, 0.29) is 30.0 Å². The first-order valence-electron chi connectivity index (χ1n) is 14.4. The van der Waals surface area contributed by atoms with Crippen LogP contribution in [0.15, 0.2) is 11.6 Å². The van der Waals surface area contributed by atoms with Crippen LogP contribution in [0.3, 0.4) is 0 Å². The Morgan fingerprint density at radius 1 is 1.08 bits per heavy atom. The van der Waals surface area contributed by atoms with Gasteiger partial charge >= 0.3 is 0 Å². The number of rotatable bonds is 8. The van der Waals surface area contributed by atoms with Crippen LogP contribution < -0.4 is 0 Å². The molecule has 10 atom stereocenters. The molecule has 3 saturated carbocycles. The van der Waals surface area contributed by atoms with Crippen LogP contribution in [-0.2, 0) is 9.53 Å². The Bertz CT molecular complexity index is 906. The van der Waals surface area contributed by atoms with E-state index in [0.29, 0.717) is 45.1 Å². The van der Waals surface area contributed by atoms with Crippen LogP contribution >= 0.6 is 0 Å². The Morgan fingerprint density at radius 2 is 1.76 bits per heavy atom. The van der Waals surface area contributed by atoms with Crippen molar-refractivity contribution >= 4 is 5.78 Å². The largest absolute Gasteiger partial charge is 0.390 e. The van der Waals surface area contributed by atoms with E-state index in [1.165, 1.54) is 0 Å². The van der Waals surface area contributed by atoms with Gasteiger partial charge < -0.3 is 30.3 Å². The zero-order valence-electron chi connectivity index (χ0n) is 23.7. The Balaban J connectivity index is 1.68. The molecule has 0 radical (unpaired) electrons. The fourth-order valence-corrected chi connectivity index (χ4v) is 8.82. The van der Waals surface area contributed by atoms with Crippen LogP contribution in [0.2, 0.25) is 0 Å². The molecule has 9 unspecified atom stereocenters. The fraction of sp³-hybridized carbons (Fsp3) is 0.900. The lowest BCUT2D eigenvalue weighted by molar-refractivity contribution is -0.186. The number of hydrogen-bond donors (Lipinski definition) is 5. The van der Waals surface area contributed by atoms with Crippen LogP contribution in [-0.4, -0.2) is 73.0 Å². The molecule has 0 aliphatic heterocycles. The molecule has 0 aromatic rings. The van der Waals surface area contributed by atoms with Gasteiger partial charge in [0.1, 0.15) is 0 Å². The summed E-state index contributed by atoms with van der Waals surface area (Å²) in [4.78, 5) is 13.4. The van der Waals surface area contributed by atoms with Gasteiger partial charge in [0.15, 0.2) is 5.78 Å². The Kier molecular flexibility index (Phi) is 7.62. The van der Waals surface area contributed by atoms with E-state index < -0.39 is 45.9 Å². The molecular formula is C30H50O7. The van der Waals surface area contributed by atoms with Crippen LogP contribution in [0.1, 0.15) is 99.3 Å². The molecule has 37 heavy (non-hydrogen) atoms. The highest BCUT2D eigenvalue weighted by Crippen LogP contribution is 2.68. The number of ketones is 1. The van der Waals surface area contributed by atoms with Crippen molar-refractivity contribution in [2.24, 2.45) is 28.6 Å². The van der Waals surface area contributed by atoms with E-state index in [9.17, 15) is 30.3 Å². The summed E-state index contributed by atoms with van der Waals surface area (Å²) in [6.45, 7) is 12.0. The van der Waals surface area contributed by atoms with Gasteiger partial charge in [0.25, 0.3) is 0 Å². The van der Waals surface area contributed by atoms with Crippen molar-refractivity contribution < 1.29 is 35.1 Å². The van der Waals surface area contributed by atoms with Crippen LogP contribution in [0.25, 0.3) is 0 Å². The van der Waals surface area contributed by atoms with Gasteiger partial charge in [-0.15, -0.1) is 0 Å². The third kappa shape index (κ3) is 4.66. The SMILES string of the molecule is CCCOC(CCC(C)(C)O)[C@](C)(O)C1CCC2(O)C3=CC(=O)C4CC(O)C(O)CC4(C)C3CCC12C. The van der Waals surface area contributed by atoms with Gasteiger partial charge in [0, 0.05) is 17.9 Å². The summed E-state index contributed by atoms with van der Waals surface area (Å²) < 4.78 is 6.19. The molecular weight excluding hydrogens is 472 g/mol. The average molecular weight is 523 g/mol. The minimum atomic E-state index is -1.24. The van der Waals surface area contributed by atoms with Crippen molar-refractivity contribution in [1.82, 2.24) is 0 Å². The van der Waals surface area contributed by atoms with E-state index in [1.54, 1.807) is 19.9 Å². The number of aliphatic hydroxyl groups excluding tert-OH is 2. The molecule has 7 nitrogen and oxygen atoms in total. The van der Waals surface area contributed by atoms with E-state index in [4.69, 9.17) is 4.74 Å². The maximum atomic E-state index is 13.4. The highest BCUT2D eigenvalue weighted by Gasteiger charge is 2.69.